The summed E-state index contributed by atoms with van der Waals surface area (Å²) >= 11 is 5.93. The fourth-order valence-corrected chi connectivity index (χ4v) is 2.67. The third-order valence-electron chi connectivity index (χ3n) is 3.62. The van der Waals surface area contributed by atoms with Gasteiger partial charge in [-0.3, -0.25) is 14.6 Å². The van der Waals surface area contributed by atoms with Gasteiger partial charge in [-0.2, -0.15) is 0 Å². The molecule has 3 aromatic rings. The van der Waals surface area contributed by atoms with Gasteiger partial charge in [-0.15, -0.1) is 0 Å². The summed E-state index contributed by atoms with van der Waals surface area (Å²) in [5.74, 6) is -0.404. The second-order valence-electron chi connectivity index (χ2n) is 5.62. The third kappa shape index (κ3) is 4.26. The highest BCUT2D eigenvalue weighted by molar-refractivity contribution is 6.31. The highest BCUT2D eigenvalue weighted by Crippen LogP contribution is 2.26. The average molecular weight is 366 g/mol. The van der Waals surface area contributed by atoms with E-state index in [1.54, 1.807) is 66.9 Å². The Labute approximate surface area is 156 Å². The molecule has 2 N–H and O–H groups in total. The number of carbonyl (C=O) groups is 2. The van der Waals surface area contributed by atoms with E-state index in [-0.39, 0.29) is 11.8 Å². The summed E-state index contributed by atoms with van der Waals surface area (Å²) < 4.78 is 0. The zero-order valence-electron chi connectivity index (χ0n) is 14.0. The van der Waals surface area contributed by atoms with Crippen LogP contribution in [0.4, 0.5) is 11.4 Å². The number of hydrogen-bond donors (Lipinski definition) is 2. The molecule has 130 valence electrons. The predicted molar refractivity (Wildman–Crippen MR) is 103 cm³/mol. The Balaban J connectivity index is 1.81. The molecule has 3 rings (SSSR count). The van der Waals surface area contributed by atoms with Crippen molar-refractivity contribution in [3.63, 3.8) is 0 Å². The Morgan fingerprint density at radius 2 is 1.73 bits per heavy atom. The maximum atomic E-state index is 12.4. The van der Waals surface area contributed by atoms with Crippen molar-refractivity contribution in [2.45, 2.75) is 6.92 Å². The van der Waals surface area contributed by atoms with Crippen LogP contribution in [0, 0.1) is 0 Å². The van der Waals surface area contributed by atoms with Gasteiger partial charge in [0.2, 0.25) is 5.91 Å². The van der Waals surface area contributed by atoms with Gasteiger partial charge in [0.25, 0.3) is 5.91 Å². The second kappa shape index (κ2) is 7.80. The number of hydrogen-bond acceptors (Lipinski definition) is 3. The highest BCUT2D eigenvalue weighted by atomic mass is 35.5. The van der Waals surface area contributed by atoms with Crippen molar-refractivity contribution in [2.24, 2.45) is 0 Å². The number of anilines is 2. The molecule has 0 bridgehead atoms. The van der Waals surface area contributed by atoms with E-state index < -0.39 is 0 Å². The normalized spacial score (nSPS) is 10.2. The standard InChI is InChI=1S/C20H16ClN3O2/c1-13(25)23-18-6-3-11-22-19(18)14-7-9-15(10-8-14)20(26)24-17-5-2-4-16(21)12-17/h2-12H,1H3,(H,23,25)(H,24,26). The topological polar surface area (TPSA) is 71.1 Å². The second-order valence-corrected chi connectivity index (χ2v) is 6.06. The summed E-state index contributed by atoms with van der Waals surface area (Å²) in [5, 5.41) is 6.11. The smallest absolute Gasteiger partial charge is 0.255 e. The minimum absolute atomic E-state index is 0.170. The van der Waals surface area contributed by atoms with E-state index in [1.165, 1.54) is 6.92 Å². The summed E-state index contributed by atoms with van der Waals surface area (Å²) in [6.07, 6.45) is 1.65. The molecule has 0 fully saturated rings. The van der Waals surface area contributed by atoms with Crippen molar-refractivity contribution < 1.29 is 9.59 Å². The van der Waals surface area contributed by atoms with Gasteiger partial charge in [0, 0.05) is 35.0 Å². The lowest BCUT2D eigenvalue weighted by atomic mass is 10.1. The Kier molecular flexibility index (Phi) is 5.29. The molecule has 1 heterocycles. The van der Waals surface area contributed by atoms with E-state index >= 15 is 0 Å². The van der Waals surface area contributed by atoms with E-state index in [4.69, 9.17) is 11.6 Å². The Morgan fingerprint density at radius 3 is 2.42 bits per heavy atom. The maximum absolute atomic E-state index is 12.4. The van der Waals surface area contributed by atoms with E-state index in [2.05, 4.69) is 15.6 Å². The molecule has 1 aromatic heterocycles. The summed E-state index contributed by atoms with van der Waals surface area (Å²) in [4.78, 5) is 28.0. The number of amides is 2. The van der Waals surface area contributed by atoms with Crippen molar-refractivity contribution in [2.75, 3.05) is 10.6 Å². The van der Waals surface area contributed by atoms with Crippen LogP contribution in [0.25, 0.3) is 11.3 Å². The van der Waals surface area contributed by atoms with Gasteiger partial charge in [0.05, 0.1) is 11.4 Å². The van der Waals surface area contributed by atoms with Crippen LogP contribution in [0.15, 0.2) is 66.9 Å². The molecule has 0 atom stereocenters. The van der Waals surface area contributed by atoms with Crippen LogP contribution >= 0.6 is 11.6 Å². The SMILES string of the molecule is CC(=O)Nc1cccnc1-c1ccc(C(=O)Nc2cccc(Cl)c2)cc1. The molecule has 0 radical (unpaired) electrons. The summed E-state index contributed by atoms with van der Waals surface area (Å²) in [7, 11) is 0. The molecule has 0 aliphatic rings. The molecule has 0 unspecified atom stereocenters. The summed E-state index contributed by atoms with van der Waals surface area (Å²) in [5.41, 5.74) is 3.20. The lowest BCUT2D eigenvalue weighted by Crippen LogP contribution is -2.11. The van der Waals surface area contributed by atoms with Crippen LogP contribution < -0.4 is 10.6 Å². The number of nitrogens with zero attached hydrogens (tertiary/aromatic N) is 1. The van der Waals surface area contributed by atoms with Gasteiger partial charge >= 0.3 is 0 Å². The fourth-order valence-electron chi connectivity index (χ4n) is 2.47. The van der Waals surface area contributed by atoms with Gasteiger partial charge in [-0.25, -0.2) is 0 Å². The van der Waals surface area contributed by atoms with Gasteiger partial charge in [-0.05, 0) is 42.5 Å². The first kappa shape index (κ1) is 17.6. The van der Waals surface area contributed by atoms with Crippen LogP contribution in [0.1, 0.15) is 17.3 Å². The summed E-state index contributed by atoms with van der Waals surface area (Å²) in [6, 6.07) is 17.5. The van der Waals surface area contributed by atoms with Gasteiger partial charge in [0.15, 0.2) is 0 Å². The maximum Gasteiger partial charge on any atom is 0.255 e. The van der Waals surface area contributed by atoms with Gasteiger partial charge in [0.1, 0.15) is 0 Å². The summed E-state index contributed by atoms with van der Waals surface area (Å²) in [6.45, 7) is 1.44. The number of halogens is 1. The third-order valence-corrected chi connectivity index (χ3v) is 3.86. The van der Waals surface area contributed by atoms with Crippen LogP contribution in [0.3, 0.4) is 0 Å². The Hall–Kier alpha value is -3.18. The van der Waals surface area contributed by atoms with Crippen molar-refractivity contribution >= 4 is 34.8 Å². The average Bonchev–Trinajstić information content (AvgIpc) is 2.62. The number of rotatable bonds is 4. The first-order chi connectivity index (χ1) is 12.5. The predicted octanol–water partition coefficient (Wildman–Crippen LogP) is 4.61. The lowest BCUT2D eigenvalue weighted by Gasteiger charge is -2.10. The monoisotopic (exact) mass is 365 g/mol. The first-order valence-electron chi connectivity index (χ1n) is 7.93. The number of nitrogens with one attached hydrogen (secondary N) is 2. The minimum atomic E-state index is -0.234. The molecule has 2 amide bonds. The molecule has 26 heavy (non-hydrogen) atoms. The van der Waals surface area contributed by atoms with Crippen LogP contribution in [-0.2, 0) is 4.79 Å². The molecular formula is C20H16ClN3O2. The number of benzene rings is 2. The van der Waals surface area contributed by atoms with E-state index in [9.17, 15) is 9.59 Å². The molecule has 0 spiro atoms. The number of pyridine rings is 1. The number of aromatic nitrogens is 1. The fraction of sp³-hybridized carbons (Fsp3) is 0.0500. The molecular weight excluding hydrogens is 350 g/mol. The minimum Gasteiger partial charge on any atom is -0.324 e. The first-order valence-corrected chi connectivity index (χ1v) is 8.31. The largest absolute Gasteiger partial charge is 0.324 e. The van der Waals surface area contributed by atoms with E-state index in [0.717, 1.165) is 5.56 Å². The molecule has 6 heteroatoms. The molecule has 0 aliphatic carbocycles. The van der Waals surface area contributed by atoms with Crippen molar-refractivity contribution in [1.29, 1.82) is 0 Å². The van der Waals surface area contributed by atoms with Crippen LogP contribution in [-0.4, -0.2) is 16.8 Å². The van der Waals surface area contributed by atoms with Crippen molar-refractivity contribution in [3.05, 3.63) is 77.4 Å². The number of carbonyl (C=O) groups excluding carboxylic acids is 2. The lowest BCUT2D eigenvalue weighted by molar-refractivity contribution is -0.114. The van der Waals surface area contributed by atoms with Crippen LogP contribution in [0.2, 0.25) is 5.02 Å². The molecule has 0 aliphatic heterocycles. The van der Waals surface area contributed by atoms with Crippen molar-refractivity contribution in [1.82, 2.24) is 4.98 Å². The molecule has 0 saturated carbocycles. The van der Waals surface area contributed by atoms with Crippen LogP contribution in [0.5, 0.6) is 0 Å². The van der Waals surface area contributed by atoms with Gasteiger partial charge < -0.3 is 10.6 Å². The molecule has 0 saturated heterocycles. The molecule has 2 aromatic carbocycles. The Morgan fingerprint density at radius 1 is 0.962 bits per heavy atom. The van der Waals surface area contributed by atoms with E-state index in [1.807, 2.05) is 0 Å². The van der Waals surface area contributed by atoms with Gasteiger partial charge in [-0.1, -0.05) is 29.8 Å². The quantitative estimate of drug-likeness (QED) is 0.709. The van der Waals surface area contributed by atoms with E-state index in [0.29, 0.717) is 27.7 Å². The Bertz CT molecular complexity index is 955. The molecule has 5 nitrogen and oxygen atoms in total. The zero-order chi connectivity index (χ0) is 18.5. The zero-order valence-corrected chi connectivity index (χ0v) is 14.7. The van der Waals surface area contributed by atoms with Crippen molar-refractivity contribution in [3.8, 4) is 11.3 Å². The highest BCUT2D eigenvalue weighted by Gasteiger charge is 2.10.